The van der Waals surface area contributed by atoms with Crippen LogP contribution in [0.3, 0.4) is 0 Å². The lowest BCUT2D eigenvalue weighted by molar-refractivity contribution is 0.0691. The van der Waals surface area contributed by atoms with Crippen molar-refractivity contribution in [3.8, 4) is 0 Å². The van der Waals surface area contributed by atoms with Gasteiger partial charge in [0.1, 0.15) is 33.5 Å². The number of hydrogen-bond donors (Lipinski definition) is 1. The van der Waals surface area contributed by atoms with Crippen molar-refractivity contribution < 1.29 is 27.2 Å². The molecule has 2 rings (SSSR count). The molecule has 2 aromatic heterocycles. The third-order valence-electron chi connectivity index (χ3n) is 3.26. The van der Waals surface area contributed by atoms with Crippen molar-refractivity contribution in [2.24, 2.45) is 0 Å². The topological polar surface area (TPSA) is 101 Å². The molecule has 1 N–H and O–H groups in total. The molecular weight excluding hydrogens is 310 g/mol. The summed E-state index contributed by atoms with van der Waals surface area (Å²) in [7, 11) is -2.65. The van der Waals surface area contributed by atoms with Gasteiger partial charge in [0.25, 0.3) is 0 Å². The molecule has 0 aliphatic carbocycles. The fraction of sp³-hybridized carbons (Fsp3) is 0.357. The minimum absolute atomic E-state index is 0.00109. The summed E-state index contributed by atoms with van der Waals surface area (Å²) in [6, 6.07) is 3.40. The number of furan rings is 2. The van der Waals surface area contributed by atoms with E-state index in [2.05, 4.69) is 0 Å². The second-order valence-corrected chi connectivity index (χ2v) is 6.98. The van der Waals surface area contributed by atoms with Gasteiger partial charge in [0.15, 0.2) is 0 Å². The number of hydrogen-bond acceptors (Lipinski definition) is 5. The Hall–Kier alpha value is -2.06. The van der Waals surface area contributed by atoms with E-state index in [-0.39, 0.29) is 28.5 Å². The van der Waals surface area contributed by atoms with E-state index in [9.17, 15) is 18.3 Å². The summed E-state index contributed by atoms with van der Waals surface area (Å²) in [5, 5.41) is 9.24. The summed E-state index contributed by atoms with van der Waals surface area (Å²) in [4.78, 5) is 11.0. The molecule has 0 fully saturated rings. The van der Waals surface area contributed by atoms with E-state index in [1.165, 1.54) is 20.9 Å². The minimum Gasteiger partial charge on any atom is -0.478 e. The van der Waals surface area contributed by atoms with Crippen molar-refractivity contribution in [2.45, 2.75) is 32.2 Å². The third kappa shape index (κ3) is 2.79. The number of aromatic carboxylic acids is 1. The number of nitrogens with zero attached hydrogens (tertiary/aromatic N) is 1. The summed E-state index contributed by atoms with van der Waals surface area (Å²) >= 11 is 0. The lowest BCUT2D eigenvalue weighted by atomic mass is 10.2. The quantitative estimate of drug-likeness (QED) is 0.904. The van der Waals surface area contributed by atoms with E-state index < -0.39 is 16.0 Å². The van der Waals surface area contributed by atoms with Crippen LogP contribution in [-0.2, 0) is 16.6 Å². The Balaban J connectivity index is 2.44. The van der Waals surface area contributed by atoms with Crippen molar-refractivity contribution in [2.75, 3.05) is 7.05 Å². The third-order valence-corrected chi connectivity index (χ3v) is 5.22. The standard InChI is InChI=1S/C14H17NO6S/c1-8-5-6-11(20-8)7-15(4)22(18,19)13-10(3)21-9(2)12(13)14(16)17/h5-6H,7H2,1-4H3,(H,16,17). The molecule has 0 amide bonds. The minimum atomic E-state index is -4.01. The molecule has 0 saturated carbocycles. The van der Waals surface area contributed by atoms with Gasteiger partial charge in [0.05, 0.1) is 6.54 Å². The molecule has 0 atom stereocenters. The lowest BCUT2D eigenvalue weighted by Gasteiger charge is -2.16. The molecule has 2 aromatic rings. The highest BCUT2D eigenvalue weighted by molar-refractivity contribution is 7.89. The molecule has 0 unspecified atom stereocenters. The molecule has 0 radical (unpaired) electrons. The van der Waals surface area contributed by atoms with Crippen LogP contribution >= 0.6 is 0 Å². The van der Waals surface area contributed by atoms with E-state index in [1.54, 1.807) is 19.1 Å². The maximum Gasteiger partial charge on any atom is 0.340 e. The molecule has 0 aromatic carbocycles. The highest BCUT2D eigenvalue weighted by atomic mass is 32.2. The van der Waals surface area contributed by atoms with Crippen LogP contribution in [0.15, 0.2) is 25.9 Å². The van der Waals surface area contributed by atoms with Gasteiger partial charge in [-0.1, -0.05) is 0 Å². The Morgan fingerprint density at radius 3 is 2.32 bits per heavy atom. The molecule has 120 valence electrons. The van der Waals surface area contributed by atoms with Gasteiger partial charge in [-0.3, -0.25) is 0 Å². The van der Waals surface area contributed by atoms with Crippen LogP contribution in [0.25, 0.3) is 0 Å². The molecule has 22 heavy (non-hydrogen) atoms. The molecule has 8 heteroatoms. The number of carbonyl (C=O) groups is 1. The monoisotopic (exact) mass is 327 g/mol. The molecule has 0 bridgehead atoms. The van der Waals surface area contributed by atoms with Crippen LogP contribution in [0.1, 0.15) is 33.4 Å². The molecule has 0 aliphatic heterocycles. The summed E-state index contributed by atoms with van der Waals surface area (Å²) in [5.41, 5.74) is -0.333. The zero-order valence-corrected chi connectivity index (χ0v) is 13.5. The maximum absolute atomic E-state index is 12.7. The van der Waals surface area contributed by atoms with Crippen molar-refractivity contribution in [3.05, 3.63) is 40.7 Å². The normalized spacial score (nSPS) is 12.0. The second kappa shape index (κ2) is 5.62. The van der Waals surface area contributed by atoms with Crippen molar-refractivity contribution in [1.82, 2.24) is 4.31 Å². The first-order valence-electron chi connectivity index (χ1n) is 6.49. The summed E-state index contributed by atoms with van der Waals surface area (Å²) < 4.78 is 36.9. The smallest absolute Gasteiger partial charge is 0.340 e. The summed E-state index contributed by atoms with van der Waals surface area (Å²) in [6.45, 7) is 4.60. The van der Waals surface area contributed by atoms with Crippen LogP contribution < -0.4 is 0 Å². The summed E-state index contributed by atoms with van der Waals surface area (Å²) in [6.07, 6.45) is 0. The van der Waals surface area contributed by atoms with Crippen LogP contribution in [0.5, 0.6) is 0 Å². The number of carboxylic acids is 1. The van der Waals surface area contributed by atoms with Crippen LogP contribution in [0.2, 0.25) is 0 Å². The van der Waals surface area contributed by atoms with Crippen molar-refractivity contribution >= 4 is 16.0 Å². The first-order valence-corrected chi connectivity index (χ1v) is 7.93. The van der Waals surface area contributed by atoms with Gasteiger partial charge in [-0.25, -0.2) is 13.2 Å². The number of sulfonamides is 1. The van der Waals surface area contributed by atoms with E-state index in [0.29, 0.717) is 11.5 Å². The van der Waals surface area contributed by atoms with E-state index in [1.807, 2.05) is 0 Å². The van der Waals surface area contributed by atoms with Crippen LogP contribution in [0, 0.1) is 20.8 Å². The highest BCUT2D eigenvalue weighted by Crippen LogP contribution is 2.29. The number of carboxylic acid groups (broad SMARTS) is 1. The maximum atomic E-state index is 12.7. The van der Waals surface area contributed by atoms with Gasteiger partial charge in [-0.15, -0.1) is 0 Å². The zero-order chi connectivity index (χ0) is 16.7. The van der Waals surface area contributed by atoms with E-state index >= 15 is 0 Å². The zero-order valence-electron chi connectivity index (χ0n) is 12.7. The molecule has 7 nitrogen and oxygen atoms in total. The molecule has 0 aliphatic rings. The Kier molecular flexibility index (Phi) is 4.17. The predicted molar refractivity (Wildman–Crippen MR) is 77.2 cm³/mol. The average molecular weight is 327 g/mol. The summed E-state index contributed by atoms with van der Waals surface area (Å²) in [5.74, 6) is -0.0842. The molecular formula is C14H17NO6S. The van der Waals surface area contributed by atoms with Gasteiger partial charge in [-0.2, -0.15) is 4.31 Å². The molecule has 0 saturated heterocycles. The van der Waals surface area contributed by atoms with Crippen LogP contribution in [-0.4, -0.2) is 30.8 Å². The molecule has 2 heterocycles. The molecule has 0 spiro atoms. The Morgan fingerprint density at radius 1 is 1.18 bits per heavy atom. The van der Waals surface area contributed by atoms with Crippen molar-refractivity contribution in [3.63, 3.8) is 0 Å². The largest absolute Gasteiger partial charge is 0.478 e. The Labute approximate surface area is 128 Å². The fourth-order valence-electron chi connectivity index (χ4n) is 2.25. The second-order valence-electron chi connectivity index (χ2n) is 5.00. The van der Waals surface area contributed by atoms with Gasteiger partial charge in [0.2, 0.25) is 10.0 Å². The van der Waals surface area contributed by atoms with Gasteiger partial charge < -0.3 is 13.9 Å². The van der Waals surface area contributed by atoms with E-state index in [0.717, 1.165) is 4.31 Å². The lowest BCUT2D eigenvalue weighted by Crippen LogP contribution is -2.28. The first-order chi connectivity index (χ1) is 10.1. The number of rotatable bonds is 5. The van der Waals surface area contributed by atoms with Crippen molar-refractivity contribution in [1.29, 1.82) is 0 Å². The SMILES string of the molecule is Cc1ccc(CN(C)S(=O)(=O)c2c(C)oc(C)c2C(=O)O)o1. The first kappa shape index (κ1) is 16.3. The van der Waals surface area contributed by atoms with Crippen LogP contribution in [0.4, 0.5) is 0 Å². The fourth-order valence-corrected chi connectivity index (χ4v) is 3.75. The van der Waals surface area contributed by atoms with Gasteiger partial charge in [-0.05, 0) is 32.9 Å². The predicted octanol–water partition coefficient (Wildman–Crippen LogP) is 2.32. The Morgan fingerprint density at radius 2 is 1.82 bits per heavy atom. The number of aryl methyl sites for hydroxylation is 3. The average Bonchev–Trinajstić information content (AvgIpc) is 2.92. The van der Waals surface area contributed by atoms with Gasteiger partial charge >= 0.3 is 5.97 Å². The van der Waals surface area contributed by atoms with Gasteiger partial charge in [0, 0.05) is 7.05 Å². The van der Waals surface area contributed by atoms with E-state index in [4.69, 9.17) is 8.83 Å². The highest BCUT2D eigenvalue weighted by Gasteiger charge is 2.33. The Bertz CT molecular complexity index is 815.